The van der Waals surface area contributed by atoms with Crippen LogP contribution in [0, 0.1) is 17.8 Å². The maximum absolute atomic E-state index is 12.7. The molecule has 2 unspecified atom stereocenters. The fourth-order valence-corrected chi connectivity index (χ4v) is 5.33. The molecule has 1 aromatic heterocycles. The van der Waals surface area contributed by atoms with Gasteiger partial charge >= 0.3 is 0 Å². The Hall–Kier alpha value is -1.62. The number of nitrogens with zero attached hydrogens (tertiary/aromatic N) is 2. The molecule has 22 heavy (non-hydrogen) atoms. The first-order chi connectivity index (χ1) is 10.8. The van der Waals surface area contributed by atoms with Crippen LogP contribution in [0.15, 0.2) is 6.20 Å². The molecule has 5 heteroatoms. The SMILES string of the molecule is O=C1NC=Cc2n[nH]c3c2C1C([C@H]1CN2CCC1CC2)CC3. The topological polar surface area (TPSA) is 61.0 Å². The molecule has 3 saturated heterocycles. The van der Waals surface area contributed by atoms with Gasteiger partial charge in [-0.05, 0) is 62.6 Å². The third-order valence-electron chi connectivity index (χ3n) is 6.39. The van der Waals surface area contributed by atoms with Gasteiger partial charge in [-0.3, -0.25) is 9.89 Å². The zero-order chi connectivity index (χ0) is 14.7. The number of carbonyl (C=O) groups is 1. The summed E-state index contributed by atoms with van der Waals surface area (Å²) in [6, 6.07) is 0. The van der Waals surface area contributed by atoms with Crippen LogP contribution in [0.5, 0.6) is 0 Å². The van der Waals surface area contributed by atoms with Gasteiger partial charge in [-0.25, -0.2) is 0 Å². The summed E-state index contributed by atoms with van der Waals surface area (Å²) in [4.78, 5) is 15.3. The summed E-state index contributed by atoms with van der Waals surface area (Å²) >= 11 is 0. The Labute approximate surface area is 130 Å². The van der Waals surface area contributed by atoms with Gasteiger partial charge in [-0.1, -0.05) is 0 Å². The second-order valence-electron chi connectivity index (χ2n) is 7.33. The van der Waals surface area contributed by atoms with Gasteiger partial charge in [0.1, 0.15) is 0 Å². The first-order valence-corrected chi connectivity index (χ1v) is 8.57. The number of H-pyrrole nitrogens is 1. The fourth-order valence-electron chi connectivity index (χ4n) is 5.33. The summed E-state index contributed by atoms with van der Waals surface area (Å²) in [7, 11) is 0. The Morgan fingerprint density at radius 2 is 2.05 bits per heavy atom. The highest BCUT2D eigenvalue weighted by molar-refractivity contribution is 5.88. The molecular formula is C17H22N4O. The molecule has 1 amide bonds. The highest BCUT2D eigenvalue weighted by Gasteiger charge is 2.47. The molecule has 6 rings (SSSR count). The Balaban J connectivity index is 1.55. The summed E-state index contributed by atoms with van der Waals surface area (Å²) in [6.45, 7) is 3.71. The van der Waals surface area contributed by atoms with E-state index < -0.39 is 0 Å². The van der Waals surface area contributed by atoms with Gasteiger partial charge < -0.3 is 10.2 Å². The molecule has 3 atom stereocenters. The van der Waals surface area contributed by atoms with E-state index in [2.05, 4.69) is 20.4 Å². The van der Waals surface area contributed by atoms with E-state index in [9.17, 15) is 4.79 Å². The first-order valence-electron chi connectivity index (χ1n) is 8.57. The van der Waals surface area contributed by atoms with Crippen LogP contribution >= 0.6 is 0 Å². The quantitative estimate of drug-likeness (QED) is 0.826. The number of nitrogens with one attached hydrogen (secondary N) is 2. The van der Waals surface area contributed by atoms with Crippen molar-refractivity contribution in [2.24, 2.45) is 17.8 Å². The Kier molecular flexibility index (Phi) is 2.74. The minimum Gasteiger partial charge on any atom is -0.332 e. The van der Waals surface area contributed by atoms with Crippen LogP contribution in [0.1, 0.15) is 42.1 Å². The largest absolute Gasteiger partial charge is 0.332 e. The van der Waals surface area contributed by atoms with Crippen LogP contribution in [0.2, 0.25) is 0 Å². The average Bonchev–Trinajstić information content (AvgIpc) is 2.90. The van der Waals surface area contributed by atoms with Gasteiger partial charge in [0, 0.05) is 24.0 Å². The number of amides is 1. The van der Waals surface area contributed by atoms with Gasteiger partial charge in [0.15, 0.2) is 0 Å². The molecule has 4 aliphatic heterocycles. The molecule has 0 aromatic carbocycles. The Morgan fingerprint density at radius 1 is 1.18 bits per heavy atom. The van der Waals surface area contributed by atoms with Gasteiger partial charge in [0.2, 0.25) is 5.91 Å². The maximum atomic E-state index is 12.7. The lowest BCUT2D eigenvalue weighted by Crippen LogP contribution is -2.52. The van der Waals surface area contributed by atoms with Gasteiger partial charge in [0.05, 0.1) is 11.6 Å². The lowest BCUT2D eigenvalue weighted by atomic mass is 9.63. The molecule has 1 aromatic rings. The van der Waals surface area contributed by atoms with E-state index in [1.165, 1.54) is 43.7 Å². The molecule has 0 spiro atoms. The molecule has 0 radical (unpaired) electrons. The monoisotopic (exact) mass is 298 g/mol. The average molecular weight is 298 g/mol. The lowest BCUT2D eigenvalue weighted by Gasteiger charge is -2.50. The highest BCUT2D eigenvalue weighted by Crippen LogP contribution is 2.48. The highest BCUT2D eigenvalue weighted by atomic mass is 16.1. The minimum absolute atomic E-state index is 0.0157. The zero-order valence-corrected chi connectivity index (χ0v) is 12.7. The number of rotatable bonds is 1. The van der Waals surface area contributed by atoms with Crippen molar-refractivity contribution in [3.05, 3.63) is 23.2 Å². The number of aryl methyl sites for hydroxylation is 1. The number of piperidine rings is 3. The van der Waals surface area contributed by atoms with E-state index >= 15 is 0 Å². The van der Waals surface area contributed by atoms with Crippen molar-refractivity contribution in [1.29, 1.82) is 0 Å². The van der Waals surface area contributed by atoms with E-state index in [0.29, 0.717) is 11.8 Å². The first kappa shape index (κ1) is 12.9. The summed E-state index contributed by atoms with van der Waals surface area (Å²) in [6.07, 6.45) is 8.48. The number of hydrogen-bond acceptors (Lipinski definition) is 3. The predicted molar refractivity (Wildman–Crippen MR) is 83.0 cm³/mol. The number of fused-ring (bicyclic) bond motifs is 3. The number of hydrogen-bond donors (Lipinski definition) is 2. The van der Waals surface area contributed by atoms with Gasteiger partial charge in [-0.2, -0.15) is 5.10 Å². The van der Waals surface area contributed by atoms with E-state index in [-0.39, 0.29) is 11.8 Å². The molecule has 5 nitrogen and oxygen atoms in total. The molecule has 1 aliphatic carbocycles. The zero-order valence-electron chi connectivity index (χ0n) is 12.7. The molecule has 2 bridgehead atoms. The molecule has 116 valence electrons. The Bertz CT molecular complexity index is 641. The summed E-state index contributed by atoms with van der Waals surface area (Å²) < 4.78 is 0. The molecule has 5 aliphatic rings. The summed E-state index contributed by atoms with van der Waals surface area (Å²) in [5, 5.41) is 10.6. The van der Waals surface area contributed by atoms with Gasteiger partial charge in [0.25, 0.3) is 0 Å². The summed E-state index contributed by atoms with van der Waals surface area (Å²) in [5.74, 6) is 2.11. The van der Waals surface area contributed by atoms with E-state index in [4.69, 9.17) is 0 Å². The van der Waals surface area contributed by atoms with Crippen LogP contribution in [0.4, 0.5) is 0 Å². The molecule has 5 heterocycles. The fraction of sp³-hybridized carbons (Fsp3) is 0.647. The second-order valence-corrected chi connectivity index (χ2v) is 7.33. The lowest BCUT2D eigenvalue weighted by molar-refractivity contribution is -0.124. The second kappa shape index (κ2) is 4.69. The van der Waals surface area contributed by atoms with Crippen LogP contribution in [-0.4, -0.2) is 40.6 Å². The number of carbonyl (C=O) groups excluding carboxylic acids is 1. The van der Waals surface area contributed by atoms with Crippen molar-refractivity contribution in [1.82, 2.24) is 20.4 Å². The molecule has 3 fully saturated rings. The van der Waals surface area contributed by atoms with Crippen molar-refractivity contribution in [3.63, 3.8) is 0 Å². The standard InChI is InChI=1S/C17H22N4O/c22-17-15-11(12-9-21-7-4-10(12)5-8-21)1-2-13-16(15)14(20-19-13)3-6-18-17/h3,6,10-12,15H,1-2,4-5,7-9H2,(H,18,22)(H,19,20)/t11?,12-,15?/m0/s1. The van der Waals surface area contributed by atoms with Crippen LogP contribution in [0.25, 0.3) is 6.08 Å². The van der Waals surface area contributed by atoms with Crippen molar-refractivity contribution in [2.45, 2.75) is 31.6 Å². The molecular weight excluding hydrogens is 276 g/mol. The molecule has 2 N–H and O–H groups in total. The minimum atomic E-state index is -0.0157. The third-order valence-corrected chi connectivity index (χ3v) is 6.39. The van der Waals surface area contributed by atoms with E-state index in [1.54, 1.807) is 6.20 Å². The predicted octanol–water partition coefficient (Wildman–Crippen LogP) is 1.50. The Morgan fingerprint density at radius 3 is 2.82 bits per heavy atom. The third kappa shape index (κ3) is 1.75. The van der Waals surface area contributed by atoms with Crippen molar-refractivity contribution in [2.75, 3.05) is 19.6 Å². The van der Waals surface area contributed by atoms with Crippen molar-refractivity contribution < 1.29 is 4.79 Å². The van der Waals surface area contributed by atoms with E-state index in [1.807, 2.05) is 6.08 Å². The van der Waals surface area contributed by atoms with Crippen LogP contribution in [0.3, 0.4) is 0 Å². The molecule has 0 saturated carbocycles. The van der Waals surface area contributed by atoms with E-state index in [0.717, 1.165) is 24.5 Å². The van der Waals surface area contributed by atoms with Gasteiger partial charge in [-0.15, -0.1) is 0 Å². The van der Waals surface area contributed by atoms with Crippen molar-refractivity contribution >= 4 is 12.0 Å². The smallest absolute Gasteiger partial charge is 0.231 e. The van der Waals surface area contributed by atoms with Crippen LogP contribution < -0.4 is 5.32 Å². The maximum Gasteiger partial charge on any atom is 0.231 e. The van der Waals surface area contributed by atoms with Crippen molar-refractivity contribution in [3.8, 4) is 0 Å². The summed E-state index contributed by atoms with van der Waals surface area (Å²) in [5.41, 5.74) is 3.32. The number of aromatic amines is 1. The number of aromatic nitrogens is 2. The van der Waals surface area contributed by atoms with Crippen LogP contribution in [-0.2, 0) is 11.2 Å². The normalized spacial score (nSPS) is 39.3.